The van der Waals surface area contributed by atoms with Crippen molar-refractivity contribution in [3.63, 3.8) is 0 Å². The number of phenolic OH excluding ortho intramolecular Hbond substituents is 1. The molecule has 1 heterocycles. The first-order valence-electron chi connectivity index (χ1n) is 4.34. The van der Waals surface area contributed by atoms with Gasteiger partial charge in [0.25, 0.3) is 0 Å². The van der Waals surface area contributed by atoms with E-state index in [0.717, 1.165) is 5.56 Å². The van der Waals surface area contributed by atoms with E-state index in [4.69, 9.17) is 9.84 Å². The molecular weight excluding hydrogens is 184 g/mol. The average molecular weight is 194 g/mol. The zero-order chi connectivity index (χ0) is 10.1. The molecule has 14 heavy (non-hydrogen) atoms. The number of aromatic hydroxyl groups is 1. The van der Waals surface area contributed by atoms with Crippen LogP contribution in [0.25, 0.3) is 0 Å². The van der Waals surface area contributed by atoms with Crippen LogP contribution in [-0.2, 0) is 4.79 Å². The maximum Gasteiger partial charge on any atom is 0.304 e. The zero-order valence-electron chi connectivity index (χ0n) is 7.43. The Morgan fingerprint density at radius 1 is 1.57 bits per heavy atom. The lowest BCUT2D eigenvalue weighted by atomic mass is 9.98. The van der Waals surface area contributed by atoms with Crippen molar-refractivity contribution in [1.29, 1.82) is 0 Å². The summed E-state index contributed by atoms with van der Waals surface area (Å²) in [6, 6.07) is 4.75. The van der Waals surface area contributed by atoms with Gasteiger partial charge in [0.15, 0.2) is 0 Å². The Morgan fingerprint density at radius 3 is 3.07 bits per heavy atom. The maximum atomic E-state index is 10.5. The Kier molecular flexibility index (Phi) is 2.04. The van der Waals surface area contributed by atoms with Gasteiger partial charge in [0, 0.05) is 11.5 Å². The molecular formula is C10H10O4. The van der Waals surface area contributed by atoms with E-state index in [1.165, 1.54) is 6.07 Å². The van der Waals surface area contributed by atoms with E-state index in [0.29, 0.717) is 12.4 Å². The summed E-state index contributed by atoms with van der Waals surface area (Å²) in [6.07, 6.45) is 0.0381. The standard InChI is InChI=1S/C10H10O4/c11-7-1-2-9-8(4-7)6(5-14-9)3-10(12)13/h1-2,4,6,11H,3,5H2,(H,12,13). The van der Waals surface area contributed by atoms with Gasteiger partial charge in [-0.3, -0.25) is 4.79 Å². The minimum atomic E-state index is -0.852. The predicted molar refractivity (Wildman–Crippen MR) is 48.6 cm³/mol. The maximum absolute atomic E-state index is 10.5. The molecule has 0 saturated heterocycles. The van der Waals surface area contributed by atoms with E-state index in [9.17, 15) is 9.90 Å². The Balaban J connectivity index is 2.28. The van der Waals surface area contributed by atoms with Crippen molar-refractivity contribution in [2.24, 2.45) is 0 Å². The van der Waals surface area contributed by atoms with Crippen molar-refractivity contribution in [3.05, 3.63) is 23.8 Å². The minimum Gasteiger partial charge on any atom is -0.508 e. The van der Waals surface area contributed by atoms with Gasteiger partial charge in [-0.15, -0.1) is 0 Å². The highest BCUT2D eigenvalue weighted by Crippen LogP contribution is 2.37. The van der Waals surface area contributed by atoms with Crippen LogP contribution in [0.3, 0.4) is 0 Å². The largest absolute Gasteiger partial charge is 0.508 e. The molecule has 0 amide bonds. The number of carboxylic acid groups (broad SMARTS) is 1. The molecule has 0 aromatic heterocycles. The molecule has 4 nitrogen and oxygen atoms in total. The van der Waals surface area contributed by atoms with Crippen LogP contribution < -0.4 is 4.74 Å². The van der Waals surface area contributed by atoms with Gasteiger partial charge in [-0.25, -0.2) is 0 Å². The molecule has 1 aliphatic heterocycles. The number of carbonyl (C=O) groups is 1. The highest BCUT2D eigenvalue weighted by atomic mass is 16.5. The molecule has 1 unspecified atom stereocenters. The molecule has 74 valence electrons. The molecule has 0 aliphatic carbocycles. The van der Waals surface area contributed by atoms with Gasteiger partial charge < -0.3 is 14.9 Å². The van der Waals surface area contributed by atoms with Crippen LogP contribution in [0.2, 0.25) is 0 Å². The third-order valence-electron chi connectivity index (χ3n) is 2.29. The van der Waals surface area contributed by atoms with Crippen LogP contribution in [0, 0.1) is 0 Å². The highest BCUT2D eigenvalue weighted by Gasteiger charge is 2.26. The average Bonchev–Trinajstić information content (AvgIpc) is 2.47. The van der Waals surface area contributed by atoms with Crippen molar-refractivity contribution < 1.29 is 19.7 Å². The van der Waals surface area contributed by atoms with E-state index in [1.807, 2.05) is 0 Å². The Bertz CT molecular complexity index is 372. The van der Waals surface area contributed by atoms with Crippen molar-refractivity contribution in [1.82, 2.24) is 0 Å². The third-order valence-corrected chi connectivity index (χ3v) is 2.29. The fourth-order valence-electron chi connectivity index (χ4n) is 1.65. The molecule has 4 heteroatoms. The molecule has 0 spiro atoms. The number of benzene rings is 1. The normalized spacial score (nSPS) is 18.7. The molecule has 0 radical (unpaired) electrons. The second kappa shape index (κ2) is 3.21. The predicted octanol–water partition coefficient (Wildman–Crippen LogP) is 1.34. The summed E-state index contributed by atoms with van der Waals surface area (Å²) < 4.78 is 5.29. The van der Waals surface area contributed by atoms with Crippen LogP contribution in [0.1, 0.15) is 17.9 Å². The van der Waals surface area contributed by atoms with Crippen molar-refractivity contribution in [3.8, 4) is 11.5 Å². The van der Waals surface area contributed by atoms with E-state index < -0.39 is 5.97 Å². The number of hydrogen-bond donors (Lipinski definition) is 2. The van der Waals surface area contributed by atoms with Crippen LogP contribution in [0.5, 0.6) is 11.5 Å². The number of fused-ring (bicyclic) bond motifs is 1. The topological polar surface area (TPSA) is 66.8 Å². The second-order valence-corrected chi connectivity index (χ2v) is 3.33. The van der Waals surface area contributed by atoms with Gasteiger partial charge in [-0.1, -0.05) is 0 Å². The first kappa shape index (κ1) is 8.87. The van der Waals surface area contributed by atoms with Crippen molar-refractivity contribution in [2.45, 2.75) is 12.3 Å². The number of rotatable bonds is 2. The van der Waals surface area contributed by atoms with Gasteiger partial charge in [0.2, 0.25) is 0 Å². The summed E-state index contributed by atoms with van der Waals surface area (Å²) in [5.41, 5.74) is 0.785. The van der Waals surface area contributed by atoms with E-state index in [2.05, 4.69) is 0 Å². The van der Waals surface area contributed by atoms with Crippen LogP contribution in [0.4, 0.5) is 0 Å². The second-order valence-electron chi connectivity index (χ2n) is 3.33. The molecule has 0 fully saturated rings. The van der Waals surface area contributed by atoms with Gasteiger partial charge in [-0.2, -0.15) is 0 Å². The summed E-state index contributed by atoms with van der Waals surface area (Å²) in [7, 11) is 0. The van der Waals surface area contributed by atoms with E-state index in [-0.39, 0.29) is 18.1 Å². The number of phenols is 1. The Labute approximate surface area is 80.7 Å². The number of ether oxygens (including phenoxy) is 1. The Morgan fingerprint density at radius 2 is 2.36 bits per heavy atom. The van der Waals surface area contributed by atoms with E-state index >= 15 is 0 Å². The molecule has 1 aliphatic rings. The smallest absolute Gasteiger partial charge is 0.304 e. The van der Waals surface area contributed by atoms with Gasteiger partial charge in [-0.05, 0) is 18.2 Å². The lowest BCUT2D eigenvalue weighted by molar-refractivity contribution is -0.137. The monoisotopic (exact) mass is 194 g/mol. The SMILES string of the molecule is O=C(O)CC1COc2ccc(O)cc21. The summed E-state index contributed by atoms with van der Waals surface area (Å²) in [4.78, 5) is 10.5. The van der Waals surface area contributed by atoms with Crippen molar-refractivity contribution >= 4 is 5.97 Å². The summed E-state index contributed by atoms with van der Waals surface area (Å²) in [5, 5.41) is 17.9. The van der Waals surface area contributed by atoms with Crippen LogP contribution in [0.15, 0.2) is 18.2 Å². The molecule has 0 saturated carbocycles. The van der Waals surface area contributed by atoms with Crippen LogP contribution >= 0.6 is 0 Å². The molecule has 1 aromatic rings. The molecule has 0 bridgehead atoms. The zero-order valence-corrected chi connectivity index (χ0v) is 7.43. The van der Waals surface area contributed by atoms with Gasteiger partial charge in [0.05, 0.1) is 13.0 Å². The van der Waals surface area contributed by atoms with Gasteiger partial charge in [0.1, 0.15) is 11.5 Å². The molecule has 1 atom stereocenters. The summed E-state index contributed by atoms with van der Waals surface area (Å²) in [5.74, 6) is -0.178. The first-order chi connectivity index (χ1) is 6.66. The summed E-state index contributed by atoms with van der Waals surface area (Å²) >= 11 is 0. The van der Waals surface area contributed by atoms with Crippen molar-refractivity contribution in [2.75, 3.05) is 6.61 Å². The quantitative estimate of drug-likeness (QED) is 0.745. The molecule has 2 N–H and O–H groups in total. The lowest BCUT2D eigenvalue weighted by Gasteiger charge is -2.04. The highest BCUT2D eigenvalue weighted by molar-refractivity contribution is 5.68. The third kappa shape index (κ3) is 1.51. The molecule has 1 aromatic carbocycles. The first-order valence-corrected chi connectivity index (χ1v) is 4.34. The van der Waals surface area contributed by atoms with Crippen LogP contribution in [-0.4, -0.2) is 22.8 Å². The fourth-order valence-corrected chi connectivity index (χ4v) is 1.65. The van der Waals surface area contributed by atoms with Gasteiger partial charge >= 0.3 is 5.97 Å². The lowest BCUT2D eigenvalue weighted by Crippen LogP contribution is -2.07. The minimum absolute atomic E-state index is 0.0381. The summed E-state index contributed by atoms with van der Waals surface area (Å²) in [6.45, 7) is 0.380. The number of hydrogen-bond acceptors (Lipinski definition) is 3. The van der Waals surface area contributed by atoms with E-state index in [1.54, 1.807) is 12.1 Å². The fraction of sp³-hybridized carbons (Fsp3) is 0.300. The number of carboxylic acids is 1. The number of aliphatic carboxylic acids is 1. The Hall–Kier alpha value is -1.71. The molecule has 2 rings (SSSR count).